The molecule has 0 spiro atoms. The Morgan fingerprint density at radius 2 is 1.93 bits per heavy atom. The molecule has 0 bridgehead atoms. The van der Waals surface area contributed by atoms with E-state index in [1.54, 1.807) is 0 Å². The topological polar surface area (TPSA) is 44.1 Å². The third kappa shape index (κ3) is 4.11. The summed E-state index contributed by atoms with van der Waals surface area (Å²) in [4.78, 5) is 18.2. The summed E-state index contributed by atoms with van der Waals surface area (Å²) in [5.41, 5.74) is 1.97. The van der Waals surface area contributed by atoms with Crippen LogP contribution in [0.2, 0.25) is 0 Å². The number of ether oxygens (including phenoxy) is 1. The van der Waals surface area contributed by atoms with E-state index in [4.69, 9.17) is 9.72 Å². The zero-order chi connectivity index (χ0) is 20.4. The lowest BCUT2D eigenvalue weighted by molar-refractivity contribution is -0.161. The van der Waals surface area contributed by atoms with Crippen molar-refractivity contribution in [2.45, 2.75) is 79.4 Å². The maximum Gasteiger partial charge on any atom is 0.329 e. The van der Waals surface area contributed by atoms with Gasteiger partial charge in [0.15, 0.2) is 0 Å². The molecule has 0 aliphatic heterocycles. The molecular formula is C24H36N2O2. The molecule has 4 nitrogen and oxygen atoms in total. The summed E-state index contributed by atoms with van der Waals surface area (Å²) in [7, 11) is 0. The Labute approximate surface area is 169 Å². The number of imidazole rings is 1. The maximum atomic E-state index is 13.5. The van der Waals surface area contributed by atoms with Crippen LogP contribution in [0.25, 0.3) is 11.0 Å². The maximum absolute atomic E-state index is 13.5. The van der Waals surface area contributed by atoms with Gasteiger partial charge in [-0.15, -0.1) is 0 Å². The molecule has 2 aromatic rings. The number of hydrogen-bond donors (Lipinski definition) is 0. The van der Waals surface area contributed by atoms with Crippen molar-refractivity contribution in [1.29, 1.82) is 0 Å². The Hall–Kier alpha value is -1.84. The lowest BCUT2D eigenvalue weighted by Gasteiger charge is -2.38. The first-order valence-electron chi connectivity index (χ1n) is 11.0. The van der Waals surface area contributed by atoms with E-state index >= 15 is 0 Å². The summed E-state index contributed by atoms with van der Waals surface area (Å²) < 4.78 is 8.37. The fraction of sp³-hybridized carbons (Fsp3) is 0.667. The fourth-order valence-electron chi connectivity index (χ4n) is 4.80. The van der Waals surface area contributed by atoms with Crippen molar-refractivity contribution in [1.82, 2.24) is 9.55 Å². The minimum absolute atomic E-state index is 0.0253. The predicted octanol–water partition coefficient (Wildman–Crippen LogP) is 5.80. The molecule has 0 unspecified atom stereocenters. The number of aryl methyl sites for hydroxylation is 1. The van der Waals surface area contributed by atoms with E-state index < -0.39 is 0 Å². The quantitative estimate of drug-likeness (QED) is 0.591. The van der Waals surface area contributed by atoms with Crippen molar-refractivity contribution >= 4 is 17.0 Å². The second-order valence-electron chi connectivity index (χ2n) is 9.23. The molecule has 4 heteroatoms. The van der Waals surface area contributed by atoms with Gasteiger partial charge in [-0.25, -0.2) is 9.78 Å². The molecule has 0 radical (unpaired) electrons. The second-order valence-corrected chi connectivity index (χ2v) is 9.23. The highest BCUT2D eigenvalue weighted by Crippen LogP contribution is 2.37. The lowest BCUT2D eigenvalue weighted by Crippen LogP contribution is -2.39. The van der Waals surface area contributed by atoms with Crippen LogP contribution in [0.3, 0.4) is 0 Å². The number of carbonyl (C=O) groups is 1. The molecule has 1 aromatic carbocycles. The van der Waals surface area contributed by atoms with Gasteiger partial charge in [-0.05, 0) is 48.6 Å². The molecule has 154 valence electrons. The zero-order valence-corrected chi connectivity index (χ0v) is 18.3. The summed E-state index contributed by atoms with van der Waals surface area (Å²) in [5.74, 6) is 2.59. The van der Waals surface area contributed by atoms with E-state index in [2.05, 4.69) is 52.2 Å². The number of hydrogen-bond acceptors (Lipinski definition) is 3. The van der Waals surface area contributed by atoms with Crippen molar-refractivity contribution in [3.63, 3.8) is 0 Å². The molecule has 1 aromatic heterocycles. The van der Waals surface area contributed by atoms with E-state index in [1.807, 2.05) is 18.2 Å². The smallest absolute Gasteiger partial charge is 0.329 e. The number of para-hydroxylation sites is 2. The SMILES string of the molecule is CCc1nc2ccccc2n1[C@@H](C(=O)O[C@@H]1C[C@H](C)CC[C@H]1C(C)C)C(C)C. The van der Waals surface area contributed by atoms with Gasteiger partial charge in [0.1, 0.15) is 18.0 Å². The van der Waals surface area contributed by atoms with Crippen LogP contribution in [0.1, 0.15) is 72.7 Å². The minimum Gasteiger partial charge on any atom is -0.461 e. The van der Waals surface area contributed by atoms with Gasteiger partial charge in [-0.3, -0.25) is 0 Å². The zero-order valence-electron chi connectivity index (χ0n) is 18.3. The van der Waals surface area contributed by atoms with Crippen LogP contribution in [0, 0.1) is 23.7 Å². The Balaban J connectivity index is 1.93. The number of carbonyl (C=O) groups excluding carboxylic acids is 1. The fourth-order valence-corrected chi connectivity index (χ4v) is 4.80. The molecule has 0 saturated heterocycles. The Morgan fingerprint density at radius 1 is 1.21 bits per heavy atom. The van der Waals surface area contributed by atoms with Gasteiger partial charge >= 0.3 is 5.97 Å². The average Bonchev–Trinajstić information content (AvgIpc) is 3.00. The summed E-state index contributed by atoms with van der Waals surface area (Å²) in [6.45, 7) is 13.1. The van der Waals surface area contributed by atoms with E-state index in [9.17, 15) is 4.79 Å². The molecule has 1 aliphatic carbocycles. The molecule has 28 heavy (non-hydrogen) atoms. The summed E-state index contributed by atoms with van der Waals surface area (Å²) in [5, 5.41) is 0. The molecule has 1 fully saturated rings. The third-order valence-electron chi connectivity index (χ3n) is 6.37. The molecule has 4 atom stereocenters. The number of nitrogens with zero attached hydrogens (tertiary/aromatic N) is 2. The van der Waals surface area contributed by atoms with Gasteiger partial charge < -0.3 is 9.30 Å². The third-order valence-corrected chi connectivity index (χ3v) is 6.37. The van der Waals surface area contributed by atoms with Gasteiger partial charge in [0.05, 0.1) is 11.0 Å². The number of benzene rings is 1. The van der Waals surface area contributed by atoms with Crippen LogP contribution in [-0.2, 0) is 16.0 Å². The van der Waals surface area contributed by atoms with Crippen molar-refractivity contribution in [2.75, 3.05) is 0 Å². The Kier molecular flexibility index (Phi) is 6.47. The Bertz CT molecular complexity index is 808. The second kappa shape index (κ2) is 8.67. The first kappa shape index (κ1) is 20.9. The highest BCUT2D eigenvalue weighted by atomic mass is 16.5. The van der Waals surface area contributed by atoms with Gasteiger partial charge in [-0.1, -0.05) is 60.1 Å². The molecule has 1 heterocycles. The average molecular weight is 385 g/mol. The van der Waals surface area contributed by atoms with E-state index in [0.717, 1.165) is 36.1 Å². The van der Waals surface area contributed by atoms with E-state index in [0.29, 0.717) is 17.8 Å². The number of aromatic nitrogens is 2. The van der Waals surface area contributed by atoms with Crippen LogP contribution >= 0.6 is 0 Å². The van der Waals surface area contributed by atoms with E-state index in [-0.39, 0.29) is 24.0 Å². The summed E-state index contributed by atoms with van der Waals surface area (Å²) in [6, 6.07) is 7.75. The van der Waals surface area contributed by atoms with E-state index in [1.165, 1.54) is 6.42 Å². The predicted molar refractivity (Wildman–Crippen MR) is 114 cm³/mol. The van der Waals surface area contributed by atoms with Crippen LogP contribution in [0.5, 0.6) is 0 Å². The molecule has 1 saturated carbocycles. The molecular weight excluding hydrogens is 348 g/mol. The van der Waals surface area contributed by atoms with Crippen molar-refractivity contribution < 1.29 is 9.53 Å². The number of fused-ring (bicyclic) bond motifs is 1. The van der Waals surface area contributed by atoms with Crippen molar-refractivity contribution in [2.24, 2.45) is 23.7 Å². The van der Waals surface area contributed by atoms with Crippen molar-refractivity contribution in [3.05, 3.63) is 30.1 Å². The van der Waals surface area contributed by atoms with Crippen LogP contribution in [0.4, 0.5) is 0 Å². The largest absolute Gasteiger partial charge is 0.461 e. The van der Waals surface area contributed by atoms with Gasteiger partial charge in [-0.2, -0.15) is 0 Å². The molecule has 3 rings (SSSR count). The first-order valence-corrected chi connectivity index (χ1v) is 11.0. The minimum atomic E-state index is -0.340. The van der Waals surface area contributed by atoms with Gasteiger partial charge in [0, 0.05) is 6.42 Å². The standard InChI is InChI=1S/C24H36N2O2/c1-7-22-25-19-10-8-9-11-20(19)26(22)23(16(4)5)24(27)28-21-14-17(6)12-13-18(21)15(2)3/h8-11,15-18,21,23H,7,12-14H2,1-6H3/t17-,18+,21-,23-/m1/s1. The van der Waals surface area contributed by atoms with Gasteiger partial charge in [0.25, 0.3) is 0 Å². The van der Waals surface area contributed by atoms with Crippen LogP contribution in [-0.4, -0.2) is 21.6 Å². The highest BCUT2D eigenvalue weighted by Gasteiger charge is 2.37. The number of rotatable bonds is 6. The molecule has 1 aliphatic rings. The lowest BCUT2D eigenvalue weighted by atomic mass is 9.75. The van der Waals surface area contributed by atoms with Crippen LogP contribution < -0.4 is 0 Å². The normalized spacial score (nSPS) is 24.1. The van der Waals surface area contributed by atoms with Crippen molar-refractivity contribution in [3.8, 4) is 0 Å². The molecule has 0 amide bonds. The molecule has 0 N–H and O–H groups in total. The Morgan fingerprint density at radius 3 is 2.57 bits per heavy atom. The highest BCUT2D eigenvalue weighted by molar-refractivity contribution is 5.81. The summed E-state index contributed by atoms with van der Waals surface area (Å²) >= 11 is 0. The first-order chi connectivity index (χ1) is 13.3. The summed E-state index contributed by atoms with van der Waals surface area (Å²) in [6.07, 6.45) is 4.18. The van der Waals surface area contributed by atoms with Crippen LogP contribution in [0.15, 0.2) is 24.3 Å². The number of esters is 1. The van der Waals surface area contributed by atoms with Gasteiger partial charge in [0.2, 0.25) is 0 Å². The monoisotopic (exact) mass is 384 g/mol.